The van der Waals surface area contributed by atoms with E-state index in [2.05, 4.69) is 10.3 Å². The lowest BCUT2D eigenvalue weighted by Crippen LogP contribution is -2.43. The van der Waals surface area contributed by atoms with Gasteiger partial charge in [-0.3, -0.25) is 23.7 Å². The maximum absolute atomic E-state index is 12.9. The van der Waals surface area contributed by atoms with Gasteiger partial charge in [-0.2, -0.15) is 4.98 Å². The molecule has 0 aromatic carbocycles. The van der Waals surface area contributed by atoms with E-state index in [-0.39, 0.29) is 24.2 Å². The molecule has 1 N–H and O–H groups in total. The highest BCUT2D eigenvalue weighted by Gasteiger charge is 2.51. The predicted molar refractivity (Wildman–Crippen MR) is 131 cm³/mol. The number of carbonyl (C=O) groups is 4. The molecule has 206 valence electrons. The van der Waals surface area contributed by atoms with Crippen LogP contribution >= 0.6 is 0 Å². The van der Waals surface area contributed by atoms with E-state index in [0.717, 1.165) is 4.57 Å². The van der Waals surface area contributed by atoms with E-state index in [4.69, 9.17) is 18.9 Å². The van der Waals surface area contributed by atoms with Gasteiger partial charge in [0.15, 0.2) is 18.4 Å². The third-order valence-corrected chi connectivity index (χ3v) is 5.47. The molecule has 2 rings (SSSR count). The minimum atomic E-state index is -1.25. The van der Waals surface area contributed by atoms with Crippen LogP contribution in [0.3, 0.4) is 0 Å². The number of hydrogen-bond acceptors (Lipinski definition) is 10. The Hall–Kier alpha value is -3.28. The molecule has 0 spiro atoms. The molecule has 0 saturated carbocycles. The van der Waals surface area contributed by atoms with Crippen molar-refractivity contribution < 1.29 is 38.1 Å². The van der Waals surface area contributed by atoms with E-state index in [0.29, 0.717) is 0 Å². The van der Waals surface area contributed by atoms with Crippen molar-refractivity contribution in [3.05, 3.63) is 22.7 Å². The van der Waals surface area contributed by atoms with Gasteiger partial charge in [0, 0.05) is 12.1 Å². The van der Waals surface area contributed by atoms with Crippen molar-refractivity contribution in [1.82, 2.24) is 9.55 Å². The van der Waals surface area contributed by atoms with Gasteiger partial charge in [-0.25, -0.2) is 4.79 Å². The van der Waals surface area contributed by atoms with Gasteiger partial charge in [0.2, 0.25) is 5.91 Å². The third kappa shape index (κ3) is 7.85. The lowest BCUT2D eigenvalue weighted by atomic mass is 10.1. The molecule has 0 unspecified atom stereocenters. The Kier molecular flexibility index (Phi) is 10.4. The largest absolute Gasteiger partial charge is 0.463 e. The number of nitrogens with one attached hydrogen (secondary N) is 1. The number of hydrogen-bond donors (Lipinski definition) is 1. The summed E-state index contributed by atoms with van der Waals surface area (Å²) in [6.07, 6.45) is -3.36. The van der Waals surface area contributed by atoms with Gasteiger partial charge in [0.1, 0.15) is 18.5 Å². The van der Waals surface area contributed by atoms with Crippen LogP contribution in [0.4, 0.5) is 5.82 Å². The monoisotopic (exact) mass is 523 g/mol. The number of amides is 1. The second kappa shape index (κ2) is 12.8. The van der Waals surface area contributed by atoms with Gasteiger partial charge in [0.05, 0.1) is 17.8 Å². The molecule has 4 atom stereocenters. The molecule has 2 heterocycles. The summed E-state index contributed by atoms with van der Waals surface area (Å²) >= 11 is 0. The summed E-state index contributed by atoms with van der Waals surface area (Å²) in [5.41, 5.74) is -0.800. The fourth-order valence-corrected chi connectivity index (χ4v) is 3.15. The van der Waals surface area contributed by atoms with E-state index in [1.165, 1.54) is 12.3 Å². The van der Waals surface area contributed by atoms with E-state index >= 15 is 0 Å². The minimum Gasteiger partial charge on any atom is -0.463 e. The molecule has 0 radical (unpaired) electrons. The highest BCUT2D eigenvalue weighted by atomic mass is 16.7. The van der Waals surface area contributed by atoms with Crippen LogP contribution in [0.25, 0.3) is 0 Å². The van der Waals surface area contributed by atoms with E-state index in [1.807, 2.05) is 0 Å². The first kappa shape index (κ1) is 29.9. The fraction of sp³-hybridized carbons (Fsp3) is 0.680. The average Bonchev–Trinajstić information content (AvgIpc) is 3.13. The SMILES string of the molecule is CC(C)C(=O)Nc1ccn([C@@H]2O[C@H](COC(=O)C(C)C)[C@@H](OC(=O)C(C)C)[C@H]2OC(=O)C(C)C)c(=O)n1. The van der Waals surface area contributed by atoms with E-state index < -0.39 is 65.9 Å². The van der Waals surface area contributed by atoms with Crippen LogP contribution < -0.4 is 11.0 Å². The summed E-state index contributed by atoms with van der Waals surface area (Å²) in [6.45, 7) is 12.9. The van der Waals surface area contributed by atoms with Crippen molar-refractivity contribution in [3.63, 3.8) is 0 Å². The summed E-state index contributed by atoms with van der Waals surface area (Å²) in [5.74, 6) is -3.74. The molecular weight excluding hydrogens is 486 g/mol. The zero-order valence-electron chi connectivity index (χ0n) is 22.5. The molecule has 0 aliphatic carbocycles. The second-order valence-corrected chi connectivity index (χ2v) is 10.1. The molecule has 1 saturated heterocycles. The van der Waals surface area contributed by atoms with Crippen LogP contribution in [0.2, 0.25) is 0 Å². The third-order valence-electron chi connectivity index (χ3n) is 5.47. The Labute approximate surface area is 216 Å². The normalized spacial score (nSPS) is 21.4. The lowest BCUT2D eigenvalue weighted by molar-refractivity contribution is -0.173. The van der Waals surface area contributed by atoms with Gasteiger partial charge >= 0.3 is 23.6 Å². The topological polar surface area (TPSA) is 152 Å². The second-order valence-electron chi connectivity index (χ2n) is 10.1. The fourth-order valence-electron chi connectivity index (χ4n) is 3.15. The van der Waals surface area contributed by atoms with Crippen LogP contribution in [0.1, 0.15) is 61.6 Å². The van der Waals surface area contributed by atoms with Crippen LogP contribution in [-0.2, 0) is 38.1 Å². The quantitative estimate of drug-likeness (QED) is 0.356. The molecule has 1 fully saturated rings. The Morgan fingerprint density at radius 2 is 1.43 bits per heavy atom. The zero-order valence-corrected chi connectivity index (χ0v) is 22.5. The number of ether oxygens (including phenoxy) is 4. The van der Waals surface area contributed by atoms with Crippen LogP contribution in [0.5, 0.6) is 0 Å². The van der Waals surface area contributed by atoms with Crippen molar-refractivity contribution in [1.29, 1.82) is 0 Å². The number of rotatable bonds is 10. The number of esters is 3. The highest BCUT2D eigenvalue weighted by molar-refractivity contribution is 5.91. The first-order valence-corrected chi connectivity index (χ1v) is 12.4. The average molecular weight is 524 g/mol. The summed E-state index contributed by atoms with van der Waals surface area (Å²) < 4.78 is 23.7. The number of aromatic nitrogens is 2. The number of anilines is 1. The molecule has 0 bridgehead atoms. The smallest absolute Gasteiger partial charge is 0.351 e. The number of nitrogens with zero attached hydrogens (tertiary/aromatic N) is 2. The molecule has 1 amide bonds. The summed E-state index contributed by atoms with van der Waals surface area (Å²) in [7, 11) is 0. The molecular formula is C25H37N3O9. The van der Waals surface area contributed by atoms with Crippen LogP contribution in [-0.4, -0.2) is 58.3 Å². The molecule has 1 aromatic heterocycles. The van der Waals surface area contributed by atoms with Gasteiger partial charge < -0.3 is 24.3 Å². The van der Waals surface area contributed by atoms with Crippen molar-refractivity contribution >= 4 is 29.6 Å². The molecule has 1 aliphatic rings. The first-order chi connectivity index (χ1) is 17.2. The maximum Gasteiger partial charge on any atom is 0.351 e. The molecule has 12 nitrogen and oxygen atoms in total. The Morgan fingerprint density at radius 3 is 1.92 bits per heavy atom. The molecule has 1 aliphatic heterocycles. The Balaban J connectivity index is 2.47. The van der Waals surface area contributed by atoms with Gasteiger partial charge in [-0.15, -0.1) is 0 Å². The maximum atomic E-state index is 12.9. The first-order valence-electron chi connectivity index (χ1n) is 12.4. The highest BCUT2D eigenvalue weighted by Crippen LogP contribution is 2.34. The predicted octanol–water partition coefficient (Wildman–Crippen LogP) is 2.07. The van der Waals surface area contributed by atoms with Gasteiger partial charge in [-0.1, -0.05) is 55.4 Å². The Morgan fingerprint density at radius 1 is 0.892 bits per heavy atom. The summed E-state index contributed by atoms with van der Waals surface area (Å²) in [6, 6.07) is 1.40. The minimum absolute atomic E-state index is 0.0406. The van der Waals surface area contributed by atoms with Gasteiger partial charge in [-0.05, 0) is 6.07 Å². The summed E-state index contributed by atoms with van der Waals surface area (Å²) in [5, 5.41) is 2.54. The lowest BCUT2D eigenvalue weighted by Gasteiger charge is -2.26. The zero-order chi connectivity index (χ0) is 28.0. The Bertz CT molecular complexity index is 1050. The van der Waals surface area contributed by atoms with Crippen molar-refractivity contribution in [2.24, 2.45) is 23.7 Å². The standard InChI is InChI=1S/C25H37N3O9/c1-12(2)20(29)26-17-9-10-28(25(33)27-17)21-19(37-24(32)15(7)8)18(36-23(31)14(5)6)16(35-21)11-34-22(30)13(3)4/h9-10,12-16,18-19,21H,11H2,1-8H3,(H,26,27,29,33)/t16-,18-,19-,21-/m1/s1. The summed E-state index contributed by atoms with van der Waals surface area (Å²) in [4.78, 5) is 66.0. The molecule has 37 heavy (non-hydrogen) atoms. The van der Waals surface area contributed by atoms with Crippen LogP contribution in [0.15, 0.2) is 17.1 Å². The van der Waals surface area contributed by atoms with Crippen molar-refractivity contribution in [3.8, 4) is 0 Å². The number of carbonyl (C=O) groups excluding carboxylic acids is 4. The van der Waals surface area contributed by atoms with Crippen molar-refractivity contribution in [2.75, 3.05) is 11.9 Å². The van der Waals surface area contributed by atoms with E-state index in [1.54, 1.807) is 55.4 Å². The molecule has 1 aromatic rings. The van der Waals surface area contributed by atoms with Crippen LogP contribution in [0, 0.1) is 23.7 Å². The van der Waals surface area contributed by atoms with E-state index in [9.17, 15) is 24.0 Å². The molecule has 12 heteroatoms. The van der Waals surface area contributed by atoms with Gasteiger partial charge in [0.25, 0.3) is 0 Å². The van der Waals surface area contributed by atoms with Crippen molar-refractivity contribution in [2.45, 2.75) is 79.9 Å².